The van der Waals surface area contributed by atoms with Crippen LogP contribution in [0.25, 0.3) is 0 Å². The molecule has 0 saturated heterocycles. The van der Waals surface area contributed by atoms with Crippen LogP contribution >= 0.6 is 11.6 Å². The summed E-state index contributed by atoms with van der Waals surface area (Å²) < 4.78 is 15.5. The molecule has 96 valence electrons. The number of hydrogen-bond acceptors (Lipinski definition) is 2. The van der Waals surface area contributed by atoms with Crippen LogP contribution in [0.3, 0.4) is 0 Å². The summed E-state index contributed by atoms with van der Waals surface area (Å²) in [7, 11) is 0. The Bertz CT molecular complexity index is 539. The van der Waals surface area contributed by atoms with Gasteiger partial charge in [-0.25, -0.2) is 4.39 Å². The van der Waals surface area contributed by atoms with Crippen molar-refractivity contribution >= 4 is 11.6 Å². The van der Waals surface area contributed by atoms with E-state index in [0.717, 1.165) is 12.1 Å². The average molecular weight is 268 g/mol. The molecular formula is C13H15ClFN3. The van der Waals surface area contributed by atoms with Crippen molar-refractivity contribution in [2.24, 2.45) is 5.73 Å². The summed E-state index contributed by atoms with van der Waals surface area (Å²) in [5.41, 5.74) is 7.48. The molecule has 2 aromatic rings. The normalized spacial score (nSPS) is 12.7. The van der Waals surface area contributed by atoms with E-state index in [1.165, 1.54) is 6.07 Å². The van der Waals surface area contributed by atoms with Crippen LogP contribution in [0.1, 0.15) is 24.1 Å². The molecule has 0 spiro atoms. The first-order valence-electron chi connectivity index (χ1n) is 5.82. The predicted molar refractivity (Wildman–Crippen MR) is 69.9 cm³/mol. The molecule has 0 radical (unpaired) electrons. The van der Waals surface area contributed by atoms with Gasteiger partial charge in [-0.15, -0.1) is 0 Å². The largest absolute Gasteiger partial charge is 0.324 e. The van der Waals surface area contributed by atoms with Crippen LogP contribution in [-0.2, 0) is 13.0 Å². The minimum atomic E-state index is -0.391. The van der Waals surface area contributed by atoms with Crippen LogP contribution < -0.4 is 5.73 Å². The van der Waals surface area contributed by atoms with Gasteiger partial charge in [0.2, 0.25) is 0 Å². The Hall–Kier alpha value is -1.39. The van der Waals surface area contributed by atoms with Crippen molar-refractivity contribution in [2.75, 3.05) is 0 Å². The van der Waals surface area contributed by atoms with Crippen molar-refractivity contribution in [2.45, 2.75) is 25.9 Å². The van der Waals surface area contributed by atoms with Gasteiger partial charge in [-0.2, -0.15) is 5.10 Å². The van der Waals surface area contributed by atoms with E-state index < -0.39 is 5.82 Å². The fraction of sp³-hybridized carbons (Fsp3) is 0.308. The van der Waals surface area contributed by atoms with Gasteiger partial charge in [0.1, 0.15) is 5.82 Å². The smallest absolute Gasteiger partial charge is 0.145 e. The fourth-order valence-corrected chi connectivity index (χ4v) is 2.00. The van der Waals surface area contributed by atoms with Crippen molar-refractivity contribution < 1.29 is 4.39 Å². The second-order valence-corrected chi connectivity index (χ2v) is 4.56. The van der Waals surface area contributed by atoms with Gasteiger partial charge in [-0.3, -0.25) is 4.68 Å². The number of aromatic nitrogens is 2. The molecule has 1 heterocycles. The molecule has 0 fully saturated rings. The number of rotatable bonds is 4. The highest BCUT2D eigenvalue weighted by atomic mass is 35.5. The van der Waals surface area contributed by atoms with Crippen molar-refractivity contribution in [3.05, 3.63) is 52.6 Å². The van der Waals surface area contributed by atoms with Gasteiger partial charge in [0.15, 0.2) is 0 Å². The molecule has 0 saturated carbocycles. The molecule has 3 nitrogen and oxygen atoms in total. The molecule has 0 aliphatic rings. The Kier molecular flexibility index (Phi) is 3.99. The molecule has 1 aromatic carbocycles. The summed E-state index contributed by atoms with van der Waals surface area (Å²) in [6, 6.07) is 4.67. The zero-order chi connectivity index (χ0) is 13.1. The summed E-state index contributed by atoms with van der Waals surface area (Å²) in [6.45, 7) is 2.79. The Morgan fingerprint density at radius 1 is 1.50 bits per heavy atom. The minimum absolute atomic E-state index is 0.129. The molecule has 0 aliphatic heterocycles. The molecule has 18 heavy (non-hydrogen) atoms. The number of aryl methyl sites for hydroxylation is 1. The zero-order valence-corrected chi connectivity index (χ0v) is 10.9. The number of hydrogen-bond donors (Lipinski definition) is 1. The highest BCUT2D eigenvalue weighted by molar-refractivity contribution is 6.30. The maximum atomic E-state index is 13.7. The lowest BCUT2D eigenvalue weighted by Gasteiger charge is -2.10. The Balaban J connectivity index is 2.15. The lowest BCUT2D eigenvalue weighted by molar-refractivity contribution is 0.593. The lowest BCUT2D eigenvalue weighted by Crippen LogP contribution is -2.13. The summed E-state index contributed by atoms with van der Waals surface area (Å²) in [5, 5.41) is 4.28. The van der Waals surface area contributed by atoms with E-state index in [9.17, 15) is 4.39 Å². The topological polar surface area (TPSA) is 43.8 Å². The molecule has 0 aliphatic carbocycles. The van der Waals surface area contributed by atoms with Crippen molar-refractivity contribution in [3.8, 4) is 0 Å². The maximum absolute atomic E-state index is 13.7. The molecule has 5 heteroatoms. The summed E-state index contributed by atoms with van der Waals surface area (Å²) in [4.78, 5) is 0. The van der Waals surface area contributed by atoms with E-state index in [2.05, 4.69) is 5.10 Å². The second-order valence-electron chi connectivity index (χ2n) is 4.15. The van der Waals surface area contributed by atoms with Crippen LogP contribution in [0.5, 0.6) is 0 Å². The summed E-state index contributed by atoms with van der Waals surface area (Å²) >= 11 is 5.74. The van der Waals surface area contributed by atoms with Gasteiger partial charge in [0.25, 0.3) is 0 Å². The number of nitrogens with zero attached hydrogens (tertiary/aromatic N) is 2. The fourth-order valence-electron chi connectivity index (χ4n) is 1.80. The van der Waals surface area contributed by atoms with Crippen molar-refractivity contribution in [1.29, 1.82) is 0 Å². The second kappa shape index (κ2) is 5.50. The zero-order valence-electron chi connectivity index (χ0n) is 10.1. The molecule has 1 atom stereocenters. The molecule has 2 rings (SSSR count). The van der Waals surface area contributed by atoms with Gasteiger partial charge in [0, 0.05) is 24.3 Å². The molecule has 0 bridgehead atoms. The number of benzene rings is 1. The standard InChI is InChI=1S/C13H15ClFN3/c1-2-18-8-10(7-17-18)12(16)6-9-4-3-5-11(14)13(9)15/h3-5,7-8,12H,2,6,16H2,1H3. The van der Waals surface area contributed by atoms with Crippen LogP contribution in [-0.4, -0.2) is 9.78 Å². The third-order valence-electron chi connectivity index (χ3n) is 2.88. The number of halogens is 2. The van der Waals surface area contributed by atoms with E-state index in [-0.39, 0.29) is 11.1 Å². The van der Waals surface area contributed by atoms with Crippen LogP contribution in [0, 0.1) is 5.82 Å². The van der Waals surface area contributed by atoms with Crippen LogP contribution in [0.15, 0.2) is 30.6 Å². The van der Waals surface area contributed by atoms with Gasteiger partial charge in [0.05, 0.1) is 11.2 Å². The first kappa shape index (κ1) is 13.1. The minimum Gasteiger partial charge on any atom is -0.324 e. The molecule has 2 N–H and O–H groups in total. The van der Waals surface area contributed by atoms with E-state index in [1.807, 2.05) is 13.1 Å². The van der Waals surface area contributed by atoms with Crippen LogP contribution in [0.4, 0.5) is 4.39 Å². The van der Waals surface area contributed by atoms with Gasteiger partial charge >= 0.3 is 0 Å². The van der Waals surface area contributed by atoms with Gasteiger partial charge in [-0.05, 0) is 25.0 Å². The van der Waals surface area contributed by atoms with Gasteiger partial charge < -0.3 is 5.73 Å². The Morgan fingerprint density at radius 3 is 2.94 bits per heavy atom. The van der Waals surface area contributed by atoms with Crippen molar-refractivity contribution in [1.82, 2.24) is 9.78 Å². The SMILES string of the molecule is CCn1cc(C(N)Cc2cccc(Cl)c2F)cn1. The van der Waals surface area contributed by atoms with Gasteiger partial charge in [-0.1, -0.05) is 23.7 Å². The highest BCUT2D eigenvalue weighted by Crippen LogP contribution is 2.22. The van der Waals surface area contributed by atoms with Crippen LogP contribution in [0.2, 0.25) is 5.02 Å². The molecule has 0 amide bonds. The first-order chi connectivity index (χ1) is 8.61. The maximum Gasteiger partial charge on any atom is 0.145 e. The molecular weight excluding hydrogens is 253 g/mol. The van der Waals surface area contributed by atoms with E-state index in [0.29, 0.717) is 12.0 Å². The number of nitrogens with two attached hydrogens (primary N) is 1. The molecule has 1 aromatic heterocycles. The van der Waals surface area contributed by atoms with E-state index in [1.54, 1.807) is 23.0 Å². The predicted octanol–water partition coefficient (Wildman–Crippen LogP) is 2.94. The Morgan fingerprint density at radius 2 is 2.28 bits per heavy atom. The summed E-state index contributed by atoms with van der Waals surface area (Å²) in [6.07, 6.45) is 4.01. The van der Waals surface area contributed by atoms with E-state index in [4.69, 9.17) is 17.3 Å². The highest BCUT2D eigenvalue weighted by Gasteiger charge is 2.13. The quantitative estimate of drug-likeness (QED) is 0.926. The van der Waals surface area contributed by atoms with E-state index >= 15 is 0 Å². The Labute approximate surface area is 110 Å². The third kappa shape index (κ3) is 2.71. The monoisotopic (exact) mass is 267 g/mol. The molecule has 1 unspecified atom stereocenters. The summed E-state index contributed by atoms with van der Waals surface area (Å²) in [5.74, 6) is -0.391. The lowest BCUT2D eigenvalue weighted by atomic mass is 10.0. The average Bonchev–Trinajstić information content (AvgIpc) is 2.83. The first-order valence-corrected chi connectivity index (χ1v) is 6.20. The van der Waals surface area contributed by atoms with Crippen molar-refractivity contribution in [3.63, 3.8) is 0 Å². The third-order valence-corrected chi connectivity index (χ3v) is 3.17.